The number of nitrogens with zero attached hydrogens (tertiary/aromatic N) is 1. The Morgan fingerprint density at radius 3 is 2.95 bits per heavy atom. The Hall–Kier alpha value is -0.840. The third kappa shape index (κ3) is 2.52. The van der Waals surface area contributed by atoms with Crippen LogP contribution in [0.1, 0.15) is 34.1 Å². The topological polar surface area (TPSA) is 20.3 Å². The van der Waals surface area contributed by atoms with Gasteiger partial charge in [0.2, 0.25) is 0 Å². The molecule has 5 heteroatoms. The lowest BCUT2D eigenvalue weighted by Crippen LogP contribution is -2.30. The second-order valence-corrected chi connectivity index (χ2v) is 6.98. The molecule has 2 nitrogen and oxygen atoms in total. The van der Waals surface area contributed by atoms with E-state index in [0.29, 0.717) is 10.6 Å². The molecular weight excluding hydrogens is 358 g/mol. The van der Waals surface area contributed by atoms with Crippen LogP contribution in [-0.2, 0) is 0 Å². The first-order valence-corrected chi connectivity index (χ1v) is 8.52. The molecule has 1 aromatic heterocycles. The molecule has 3 rings (SSSR count). The minimum absolute atomic E-state index is 0.0206. The van der Waals surface area contributed by atoms with E-state index in [1.54, 1.807) is 17.4 Å². The molecule has 0 N–H and O–H groups in total. The molecule has 104 valence electrons. The number of hydrogen-bond acceptors (Lipinski definition) is 2. The predicted molar refractivity (Wildman–Crippen MR) is 86.5 cm³/mol. The number of likely N-dealkylation sites (tertiary alicyclic amines) is 1. The van der Waals surface area contributed by atoms with Gasteiger partial charge in [0.15, 0.2) is 0 Å². The van der Waals surface area contributed by atoms with Gasteiger partial charge in [-0.3, -0.25) is 4.79 Å². The summed E-state index contributed by atoms with van der Waals surface area (Å²) in [6.45, 7) is 0.796. The number of hydrogen-bond donors (Lipinski definition) is 0. The van der Waals surface area contributed by atoms with Gasteiger partial charge in [0, 0.05) is 15.9 Å². The van der Waals surface area contributed by atoms with E-state index in [1.807, 2.05) is 23.1 Å². The van der Waals surface area contributed by atoms with E-state index in [0.717, 1.165) is 23.9 Å². The summed E-state index contributed by atoms with van der Waals surface area (Å²) in [6.07, 6.45) is 2.07. The fourth-order valence-electron chi connectivity index (χ4n) is 2.61. The van der Waals surface area contributed by atoms with Gasteiger partial charge in [-0.25, -0.2) is 0 Å². The minimum Gasteiger partial charge on any atom is -0.331 e. The predicted octanol–water partition coefficient (Wildman–Crippen LogP) is 5.14. The number of amides is 1. The van der Waals surface area contributed by atoms with Crippen molar-refractivity contribution in [1.82, 2.24) is 4.90 Å². The summed E-state index contributed by atoms with van der Waals surface area (Å²) in [5.41, 5.74) is 0.574. The molecule has 0 radical (unpaired) electrons. The van der Waals surface area contributed by atoms with Crippen LogP contribution in [0, 0.1) is 0 Å². The number of rotatable bonds is 2. The average Bonchev–Trinajstić information content (AvgIpc) is 3.10. The van der Waals surface area contributed by atoms with Crippen LogP contribution >= 0.6 is 38.9 Å². The van der Waals surface area contributed by atoms with Gasteiger partial charge in [-0.2, -0.15) is 0 Å². The zero-order chi connectivity index (χ0) is 14.1. The molecule has 1 aliphatic heterocycles. The number of thiophene rings is 1. The summed E-state index contributed by atoms with van der Waals surface area (Å²) in [5.74, 6) is 0.0206. The van der Waals surface area contributed by atoms with Crippen molar-refractivity contribution >= 4 is 44.8 Å². The lowest BCUT2D eigenvalue weighted by molar-refractivity contribution is 0.0738. The van der Waals surface area contributed by atoms with E-state index in [9.17, 15) is 4.79 Å². The Kier molecular flexibility index (Phi) is 4.15. The average molecular weight is 371 g/mol. The second-order valence-electron chi connectivity index (χ2n) is 4.77. The largest absolute Gasteiger partial charge is 0.331 e. The molecule has 20 heavy (non-hydrogen) atoms. The van der Waals surface area contributed by atoms with E-state index < -0.39 is 0 Å². The van der Waals surface area contributed by atoms with Crippen LogP contribution in [0.25, 0.3) is 0 Å². The van der Waals surface area contributed by atoms with Crippen molar-refractivity contribution in [3.05, 3.63) is 55.6 Å². The van der Waals surface area contributed by atoms with E-state index in [4.69, 9.17) is 11.6 Å². The van der Waals surface area contributed by atoms with Crippen molar-refractivity contribution in [1.29, 1.82) is 0 Å². The van der Waals surface area contributed by atoms with Gasteiger partial charge in [0.1, 0.15) is 0 Å². The highest BCUT2D eigenvalue weighted by molar-refractivity contribution is 9.10. The highest BCUT2D eigenvalue weighted by Crippen LogP contribution is 2.37. The highest BCUT2D eigenvalue weighted by Gasteiger charge is 2.32. The van der Waals surface area contributed by atoms with Gasteiger partial charge in [-0.15, -0.1) is 11.3 Å². The Morgan fingerprint density at radius 2 is 2.20 bits per heavy atom. The zero-order valence-corrected chi connectivity index (χ0v) is 13.8. The molecule has 0 aliphatic carbocycles. The van der Waals surface area contributed by atoms with E-state index in [2.05, 4.69) is 27.4 Å². The standard InChI is InChI=1S/C15H13BrClNOS/c16-11-5-1-4-10(14(11)17)15(19)18-8-2-6-12(18)13-7-3-9-20-13/h1,3-5,7,9,12H,2,6,8H2. The van der Waals surface area contributed by atoms with Crippen LogP contribution in [0.4, 0.5) is 0 Å². The Bertz CT molecular complexity index is 629. The summed E-state index contributed by atoms with van der Waals surface area (Å²) in [4.78, 5) is 15.9. The molecule has 1 amide bonds. The molecule has 1 aromatic carbocycles. The molecule has 2 aromatic rings. The molecule has 0 bridgehead atoms. The highest BCUT2D eigenvalue weighted by atomic mass is 79.9. The van der Waals surface area contributed by atoms with Crippen molar-refractivity contribution in [2.75, 3.05) is 6.54 Å². The van der Waals surface area contributed by atoms with Crippen molar-refractivity contribution in [3.8, 4) is 0 Å². The first-order valence-electron chi connectivity index (χ1n) is 6.47. The zero-order valence-electron chi connectivity index (χ0n) is 10.7. The van der Waals surface area contributed by atoms with E-state index >= 15 is 0 Å². The number of halogens is 2. The van der Waals surface area contributed by atoms with Crippen LogP contribution < -0.4 is 0 Å². The van der Waals surface area contributed by atoms with Gasteiger partial charge in [-0.1, -0.05) is 23.7 Å². The third-order valence-corrected chi connectivity index (χ3v) is 5.84. The molecule has 1 fully saturated rings. The lowest BCUT2D eigenvalue weighted by Gasteiger charge is -2.24. The van der Waals surface area contributed by atoms with Gasteiger partial charge in [0.05, 0.1) is 16.6 Å². The Morgan fingerprint density at radius 1 is 1.35 bits per heavy atom. The van der Waals surface area contributed by atoms with Crippen molar-refractivity contribution in [2.45, 2.75) is 18.9 Å². The molecule has 0 saturated carbocycles. The molecular formula is C15H13BrClNOS. The van der Waals surface area contributed by atoms with Crippen molar-refractivity contribution < 1.29 is 4.79 Å². The van der Waals surface area contributed by atoms with Gasteiger partial charge >= 0.3 is 0 Å². The SMILES string of the molecule is O=C(c1cccc(Br)c1Cl)N1CCCC1c1cccs1. The van der Waals surface area contributed by atoms with E-state index in [-0.39, 0.29) is 11.9 Å². The van der Waals surface area contributed by atoms with Crippen LogP contribution in [0.15, 0.2) is 40.2 Å². The first kappa shape index (κ1) is 14.1. The minimum atomic E-state index is 0.0206. The molecule has 1 unspecified atom stereocenters. The summed E-state index contributed by atoms with van der Waals surface area (Å²) in [5, 5.41) is 2.55. The first-order chi connectivity index (χ1) is 9.68. The van der Waals surface area contributed by atoms with Crippen LogP contribution in [0.5, 0.6) is 0 Å². The van der Waals surface area contributed by atoms with Crippen LogP contribution in [-0.4, -0.2) is 17.4 Å². The lowest BCUT2D eigenvalue weighted by atomic mass is 10.1. The quantitative estimate of drug-likeness (QED) is 0.716. The summed E-state index contributed by atoms with van der Waals surface area (Å²) in [7, 11) is 0. The van der Waals surface area contributed by atoms with Gasteiger partial charge in [0.25, 0.3) is 5.91 Å². The normalized spacial score (nSPS) is 18.5. The monoisotopic (exact) mass is 369 g/mol. The van der Waals surface area contributed by atoms with Crippen molar-refractivity contribution in [2.24, 2.45) is 0 Å². The maximum absolute atomic E-state index is 12.8. The molecule has 1 saturated heterocycles. The van der Waals surface area contributed by atoms with Gasteiger partial charge in [-0.05, 0) is 52.4 Å². The van der Waals surface area contributed by atoms with E-state index in [1.165, 1.54) is 4.88 Å². The summed E-state index contributed by atoms with van der Waals surface area (Å²) >= 11 is 11.3. The number of carbonyl (C=O) groups is 1. The Labute approximate surface area is 135 Å². The number of carbonyl (C=O) groups excluding carboxylic acids is 1. The molecule has 1 atom stereocenters. The molecule has 2 heterocycles. The maximum Gasteiger partial charge on any atom is 0.255 e. The summed E-state index contributed by atoms with van der Waals surface area (Å²) in [6, 6.07) is 9.81. The van der Waals surface area contributed by atoms with Crippen LogP contribution in [0.3, 0.4) is 0 Å². The second kappa shape index (κ2) is 5.88. The van der Waals surface area contributed by atoms with Gasteiger partial charge < -0.3 is 4.90 Å². The van der Waals surface area contributed by atoms with Crippen molar-refractivity contribution in [3.63, 3.8) is 0 Å². The van der Waals surface area contributed by atoms with Crippen LogP contribution in [0.2, 0.25) is 5.02 Å². The maximum atomic E-state index is 12.8. The summed E-state index contributed by atoms with van der Waals surface area (Å²) < 4.78 is 0.761. The molecule has 1 aliphatic rings. The number of benzene rings is 1. The fourth-order valence-corrected chi connectivity index (χ4v) is 4.06. The Balaban J connectivity index is 1.92. The molecule has 0 spiro atoms. The third-order valence-electron chi connectivity index (χ3n) is 3.57. The fraction of sp³-hybridized carbons (Fsp3) is 0.267. The smallest absolute Gasteiger partial charge is 0.255 e.